The molecule has 0 spiro atoms. The lowest BCUT2D eigenvalue weighted by Crippen LogP contribution is -1.82. The maximum atomic E-state index is 2.29. The standard InChI is InChI=1S/C22H18S/c1-15-7-5-9-17(13-15)21-19-11-3-4-12-20(19)23-22(21)18-10-6-8-16(2)14-18/h3-14H,1-2H3. The molecule has 0 N–H and O–H groups in total. The van der Waals surface area contributed by atoms with E-state index in [0.717, 1.165) is 0 Å². The molecule has 4 rings (SSSR count). The Morgan fingerprint density at radius 1 is 0.652 bits per heavy atom. The Balaban J connectivity index is 2.06. The molecule has 0 fully saturated rings. The summed E-state index contributed by atoms with van der Waals surface area (Å²) in [6.45, 7) is 4.31. The van der Waals surface area contributed by atoms with E-state index < -0.39 is 0 Å². The fourth-order valence-corrected chi connectivity index (χ4v) is 4.34. The summed E-state index contributed by atoms with van der Waals surface area (Å²) < 4.78 is 1.35. The van der Waals surface area contributed by atoms with Gasteiger partial charge in [-0.3, -0.25) is 0 Å². The third-order valence-electron chi connectivity index (χ3n) is 4.18. The van der Waals surface area contributed by atoms with Gasteiger partial charge < -0.3 is 0 Å². The highest BCUT2D eigenvalue weighted by Crippen LogP contribution is 2.44. The molecule has 0 aliphatic rings. The van der Waals surface area contributed by atoms with Crippen molar-refractivity contribution < 1.29 is 0 Å². The van der Waals surface area contributed by atoms with Gasteiger partial charge in [0, 0.05) is 20.5 Å². The summed E-state index contributed by atoms with van der Waals surface area (Å²) in [5.74, 6) is 0. The molecule has 0 radical (unpaired) electrons. The van der Waals surface area contributed by atoms with Crippen molar-refractivity contribution >= 4 is 21.4 Å². The largest absolute Gasteiger partial charge is 0.135 e. The third-order valence-corrected chi connectivity index (χ3v) is 5.40. The van der Waals surface area contributed by atoms with Crippen LogP contribution in [0.2, 0.25) is 0 Å². The number of hydrogen-bond donors (Lipinski definition) is 0. The van der Waals surface area contributed by atoms with Crippen LogP contribution in [0.4, 0.5) is 0 Å². The first-order valence-corrected chi connectivity index (χ1v) is 8.69. The lowest BCUT2D eigenvalue weighted by Gasteiger charge is -2.07. The molecular weight excluding hydrogens is 296 g/mol. The molecular formula is C22H18S. The Bertz CT molecular complexity index is 992. The average molecular weight is 314 g/mol. The van der Waals surface area contributed by atoms with Crippen LogP contribution in [0.1, 0.15) is 11.1 Å². The molecule has 1 heterocycles. The van der Waals surface area contributed by atoms with E-state index in [0.29, 0.717) is 0 Å². The predicted molar refractivity (Wildman–Crippen MR) is 102 cm³/mol. The van der Waals surface area contributed by atoms with E-state index in [-0.39, 0.29) is 0 Å². The van der Waals surface area contributed by atoms with Gasteiger partial charge in [-0.25, -0.2) is 0 Å². The number of aryl methyl sites for hydroxylation is 2. The van der Waals surface area contributed by atoms with Crippen LogP contribution < -0.4 is 0 Å². The van der Waals surface area contributed by atoms with Gasteiger partial charge in [-0.15, -0.1) is 11.3 Å². The minimum Gasteiger partial charge on any atom is -0.135 e. The van der Waals surface area contributed by atoms with Crippen LogP contribution in [-0.2, 0) is 0 Å². The zero-order valence-corrected chi connectivity index (χ0v) is 14.2. The minimum atomic E-state index is 1.30. The number of thiophene rings is 1. The summed E-state index contributed by atoms with van der Waals surface area (Å²) in [4.78, 5) is 1.36. The van der Waals surface area contributed by atoms with Crippen LogP contribution in [-0.4, -0.2) is 0 Å². The van der Waals surface area contributed by atoms with Gasteiger partial charge in [0.05, 0.1) is 0 Å². The Labute approximate surface area is 141 Å². The van der Waals surface area contributed by atoms with E-state index in [1.165, 1.54) is 42.8 Å². The molecule has 23 heavy (non-hydrogen) atoms. The molecule has 0 amide bonds. The molecule has 0 saturated heterocycles. The summed E-state index contributed by atoms with van der Waals surface area (Å²) >= 11 is 1.89. The van der Waals surface area contributed by atoms with Gasteiger partial charge in [0.2, 0.25) is 0 Å². The first-order valence-electron chi connectivity index (χ1n) is 7.88. The van der Waals surface area contributed by atoms with Crippen molar-refractivity contribution in [2.45, 2.75) is 13.8 Å². The second-order valence-corrected chi connectivity index (χ2v) is 7.09. The van der Waals surface area contributed by atoms with Crippen LogP contribution >= 0.6 is 11.3 Å². The van der Waals surface area contributed by atoms with Crippen LogP contribution in [0.3, 0.4) is 0 Å². The smallest absolute Gasteiger partial charge is 0.0433 e. The summed E-state index contributed by atoms with van der Waals surface area (Å²) in [5, 5.41) is 1.35. The van der Waals surface area contributed by atoms with Crippen LogP contribution in [0.5, 0.6) is 0 Å². The van der Waals surface area contributed by atoms with Crippen molar-refractivity contribution in [1.29, 1.82) is 0 Å². The van der Waals surface area contributed by atoms with Crippen LogP contribution in [0, 0.1) is 13.8 Å². The van der Waals surface area contributed by atoms with Gasteiger partial charge in [0.1, 0.15) is 0 Å². The predicted octanol–water partition coefficient (Wildman–Crippen LogP) is 6.85. The Hall–Kier alpha value is -2.38. The zero-order valence-electron chi connectivity index (χ0n) is 13.3. The fourth-order valence-electron chi connectivity index (χ4n) is 3.12. The molecule has 112 valence electrons. The van der Waals surface area contributed by atoms with Crippen molar-refractivity contribution in [3.05, 3.63) is 83.9 Å². The average Bonchev–Trinajstić information content (AvgIpc) is 2.94. The molecule has 0 aliphatic carbocycles. The van der Waals surface area contributed by atoms with Gasteiger partial charge in [-0.2, -0.15) is 0 Å². The van der Waals surface area contributed by atoms with Gasteiger partial charge in [-0.1, -0.05) is 77.9 Å². The number of hydrogen-bond acceptors (Lipinski definition) is 1. The molecule has 0 unspecified atom stereocenters. The van der Waals surface area contributed by atoms with E-state index in [1.54, 1.807) is 0 Å². The molecule has 0 atom stereocenters. The fraction of sp³-hybridized carbons (Fsp3) is 0.0909. The Morgan fingerprint density at radius 2 is 1.30 bits per heavy atom. The van der Waals surface area contributed by atoms with E-state index in [9.17, 15) is 0 Å². The monoisotopic (exact) mass is 314 g/mol. The normalized spacial score (nSPS) is 11.0. The van der Waals surface area contributed by atoms with Gasteiger partial charge in [0.25, 0.3) is 0 Å². The topological polar surface area (TPSA) is 0 Å². The second-order valence-electron chi connectivity index (χ2n) is 6.04. The summed E-state index contributed by atoms with van der Waals surface area (Å²) in [6.07, 6.45) is 0. The van der Waals surface area contributed by atoms with E-state index in [2.05, 4.69) is 86.6 Å². The lowest BCUT2D eigenvalue weighted by molar-refractivity contribution is 1.47. The SMILES string of the molecule is Cc1cccc(-c2sc3ccccc3c2-c2cccc(C)c2)c1. The molecule has 1 aromatic heterocycles. The Morgan fingerprint density at radius 3 is 2.04 bits per heavy atom. The van der Waals surface area contributed by atoms with Crippen molar-refractivity contribution in [2.75, 3.05) is 0 Å². The van der Waals surface area contributed by atoms with E-state index in [1.807, 2.05) is 11.3 Å². The number of benzene rings is 3. The van der Waals surface area contributed by atoms with Crippen molar-refractivity contribution in [2.24, 2.45) is 0 Å². The molecule has 3 aromatic carbocycles. The minimum absolute atomic E-state index is 1.30. The Kier molecular flexibility index (Phi) is 3.51. The molecule has 0 nitrogen and oxygen atoms in total. The molecule has 4 aromatic rings. The summed E-state index contributed by atoms with van der Waals surface area (Å²) in [5.41, 5.74) is 6.57. The van der Waals surface area contributed by atoms with Crippen LogP contribution in [0.25, 0.3) is 31.7 Å². The molecule has 1 heteroatoms. The van der Waals surface area contributed by atoms with Crippen molar-refractivity contribution in [3.8, 4) is 21.6 Å². The van der Waals surface area contributed by atoms with Gasteiger partial charge >= 0.3 is 0 Å². The van der Waals surface area contributed by atoms with Gasteiger partial charge in [0.15, 0.2) is 0 Å². The number of rotatable bonds is 2. The van der Waals surface area contributed by atoms with Gasteiger partial charge in [-0.05, 0) is 31.0 Å². The lowest BCUT2D eigenvalue weighted by atomic mass is 9.97. The summed E-state index contributed by atoms with van der Waals surface area (Å²) in [7, 11) is 0. The first-order chi connectivity index (χ1) is 11.2. The van der Waals surface area contributed by atoms with E-state index in [4.69, 9.17) is 0 Å². The highest BCUT2D eigenvalue weighted by Gasteiger charge is 2.15. The maximum absolute atomic E-state index is 2.29. The number of fused-ring (bicyclic) bond motifs is 1. The van der Waals surface area contributed by atoms with Crippen molar-refractivity contribution in [1.82, 2.24) is 0 Å². The zero-order chi connectivity index (χ0) is 15.8. The second kappa shape index (κ2) is 5.68. The van der Waals surface area contributed by atoms with Crippen molar-refractivity contribution in [3.63, 3.8) is 0 Å². The quantitative estimate of drug-likeness (QED) is 0.379. The molecule has 0 saturated carbocycles. The van der Waals surface area contributed by atoms with E-state index >= 15 is 0 Å². The molecule has 0 bridgehead atoms. The van der Waals surface area contributed by atoms with Crippen LogP contribution in [0.15, 0.2) is 72.8 Å². The first kappa shape index (κ1) is 14.2. The molecule has 0 aliphatic heterocycles. The third kappa shape index (κ3) is 2.58. The maximum Gasteiger partial charge on any atom is 0.0433 e. The highest BCUT2D eigenvalue weighted by molar-refractivity contribution is 7.23. The highest BCUT2D eigenvalue weighted by atomic mass is 32.1. The summed E-state index contributed by atoms with van der Waals surface area (Å²) in [6, 6.07) is 26.3.